The SMILES string of the molecule is CCCC(NC)[Si](C)(C)C. The third-order valence-electron chi connectivity index (χ3n) is 1.97. The van der Waals surface area contributed by atoms with E-state index in [1.165, 1.54) is 12.8 Å². The fourth-order valence-corrected chi connectivity index (χ4v) is 3.32. The fraction of sp³-hybridized carbons (Fsp3) is 1.00. The molecule has 1 atom stereocenters. The van der Waals surface area contributed by atoms with Crippen molar-refractivity contribution in [3.05, 3.63) is 0 Å². The van der Waals surface area contributed by atoms with E-state index in [1.807, 2.05) is 0 Å². The second-order valence-electron chi connectivity index (χ2n) is 4.00. The van der Waals surface area contributed by atoms with Crippen molar-refractivity contribution in [2.75, 3.05) is 7.05 Å². The fourth-order valence-electron chi connectivity index (χ4n) is 1.30. The monoisotopic (exact) mass is 159 g/mol. The van der Waals surface area contributed by atoms with E-state index in [1.54, 1.807) is 0 Å². The maximum atomic E-state index is 3.40. The smallest absolute Gasteiger partial charge is 0.0634 e. The number of hydrogen-bond acceptors (Lipinski definition) is 1. The highest BCUT2D eigenvalue weighted by Gasteiger charge is 2.23. The summed E-state index contributed by atoms with van der Waals surface area (Å²) in [5.41, 5.74) is 0.803. The first-order valence-electron chi connectivity index (χ1n) is 4.19. The van der Waals surface area contributed by atoms with E-state index in [0.29, 0.717) is 0 Å². The van der Waals surface area contributed by atoms with Crippen LogP contribution < -0.4 is 5.32 Å². The first-order chi connectivity index (χ1) is 4.52. The van der Waals surface area contributed by atoms with Crippen LogP contribution in [0.5, 0.6) is 0 Å². The van der Waals surface area contributed by atoms with Crippen molar-refractivity contribution in [1.82, 2.24) is 5.32 Å². The molecule has 1 N–H and O–H groups in total. The summed E-state index contributed by atoms with van der Waals surface area (Å²) < 4.78 is 0. The Kier molecular flexibility index (Phi) is 4.21. The Morgan fingerprint density at radius 3 is 1.90 bits per heavy atom. The standard InChI is InChI=1S/C8H21NSi/c1-6-7-8(9-2)10(3,4)5/h8-9H,6-7H2,1-5H3. The number of rotatable bonds is 4. The predicted molar refractivity (Wildman–Crippen MR) is 51.1 cm³/mol. The van der Waals surface area contributed by atoms with E-state index >= 15 is 0 Å². The van der Waals surface area contributed by atoms with Crippen molar-refractivity contribution in [1.29, 1.82) is 0 Å². The van der Waals surface area contributed by atoms with Crippen LogP contribution in [0.4, 0.5) is 0 Å². The summed E-state index contributed by atoms with van der Waals surface area (Å²) >= 11 is 0. The molecule has 0 rings (SSSR count). The van der Waals surface area contributed by atoms with Gasteiger partial charge in [-0.3, -0.25) is 0 Å². The van der Waals surface area contributed by atoms with Crippen LogP contribution >= 0.6 is 0 Å². The lowest BCUT2D eigenvalue weighted by molar-refractivity contribution is 0.633. The van der Waals surface area contributed by atoms with Crippen LogP contribution in [0, 0.1) is 0 Å². The lowest BCUT2D eigenvalue weighted by Crippen LogP contribution is -2.46. The molecule has 0 saturated carbocycles. The van der Waals surface area contributed by atoms with Gasteiger partial charge in [-0.15, -0.1) is 0 Å². The molecule has 0 fully saturated rings. The van der Waals surface area contributed by atoms with Crippen molar-refractivity contribution in [3.63, 3.8) is 0 Å². The Labute approximate surface area is 66.2 Å². The van der Waals surface area contributed by atoms with Crippen LogP contribution in [0.2, 0.25) is 19.6 Å². The molecule has 0 heterocycles. The summed E-state index contributed by atoms with van der Waals surface area (Å²) in [5.74, 6) is 0. The molecular weight excluding hydrogens is 138 g/mol. The third-order valence-corrected chi connectivity index (χ3v) is 4.64. The molecule has 1 unspecified atom stereocenters. The average molecular weight is 159 g/mol. The van der Waals surface area contributed by atoms with Crippen LogP contribution in [-0.2, 0) is 0 Å². The molecule has 62 valence electrons. The van der Waals surface area contributed by atoms with Crippen molar-refractivity contribution in [2.45, 2.75) is 45.1 Å². The summed E-state index contributed by atoms with van der Waals surface area (Å²) in [6, 6.07) is 0. The van der Waals surface area contributed by atoms with E-state index in [4.69, 9.17) is 0 Å². The zero-order chi connectivity index (χ0) is 8.20. The van der Waals surface area contributed by atoms with Gasteiger partial charge >= 0.3 is 0 Å². The summed E-state index contributed by atoms with van der Waals surface area (Å²) in [4.78, 5) is 0. The molecule has 0 aliphatic heterocycles. The lowest BCUT2D eigenvalue weighted by atomic mass is 10.3. The van der Waals surface area contributed by atoms with Crippen LogP contribution in [0.1, 0.15) is 19.8 Å². The van der Waals surface area contributed by atoms with E-state index in [-0.39, 0.29) is 0 Å². The van der Waals surface area contributed by atoms with Crippen molar-refractivity contribution >= 4 is 8.07 Å². The van der Waals surface area contributed by atoms with Crippen LogP contribution in [-0.4, -0.2) is 20.8 Å². The molecule has 2 heteroatoms. The maximum Gasteiger partial charge on any atom is 0.0634 e. The average Bonchev–Trinajstić information content (AvgIpc) is 1.80. The van der Waals surface area contributed by atoms with Crippen LogP contribution in [0.3, 0.4) is 0 Å². The Morgan fingerprint density at radius 1 is 1.30 bits per heavy atom. The molecule has 0 aromatic heterocycles. The Hall–Kier alpha value is 0.177. The van der Waals surface area contributed by atoms with Crippen molar-refractivity contribution in [2.24, 2.45) is 0 Å². The van der Waals surface area contributed by atoms with Gasteiger partial charge in [-0.1, -0.05) is 33.0 Å². The molecule has 0 saturated heterocycles. The molecule has 0 aromatic carbocycles. The second kappa shape index (κ2) is 4.14. The van der Waals surface area contributed by atoms with Gasteiger partial charge in [0.15, 0.2) is 0 Å². The van der Waals surface area contributed by atoms with E-state index < -0.39 is 8.07 Å². The molecular formula is C8H21NSi. The van der Waals surface area contributed by atoms with Gasteiger partial charge in [0.05, 0.1) is 8.07 Å². The number of nitrogens with one attached hydrogen (secondary N) is 1. The highest BCUT2D eigenvalue weighted by atomic mass is 28.3. The minimum absolute atomic E-state index is 0.803. The molecule has 0 aliphatic rings. The van der Waals surface area contributed by atoms with Gasteiger partial charge in [0.2, 0.25) is 0 Å². The van der Waals surface area contributed by atoms with Gasteiger partial charge in [0.1, 0.15) is 0 Å². The van der Waals surface area contributed by atoms with Gasteiger partial charge in [-0.25, -0.2) is 0 Å². The molecule has 0 aliphatic carbocycles. The first kappa shape index (κ1) is 10.2. The molecule has 0 spiro atoms. The topological polar surface area (TPSA) is 12.0 Å². The predicted octanol–water partition coefficient (Wildman–Crippen LogP) is 2.25. The molecule has 10 heavy (non-hydrogen) atoms. The van der Waals surface area contributed by atoms with E-state index in [2.05, 4.69) is 38.9 Å². The summed E-state index contributed by atoms with van der Waals surface area (Å²) in [6.07, 6.45) is 2.64. The zero-order valence-corrected chi connectivity index (χ0v) is 8.99. The summed E-state index contributed by atoms with van der Waals surface area (Å²) in [5, 5.41) is 3.40. The molecule has 0 radical (unpaired) electrons. The third kappa shape index (κ3) is 3.37. The van der Waals surface area contributed by atoms with Gasteiger partial charge in [0, 0.05) is 0 Å². The minimum Gasteiger partial charge on any atom is -0.320 e. The Bertz CT molecular complexity index is 85.7. The quantitative estimate of drug-likeness (QED) is 0.620. The van der Waals surface area contributed by atoms with Crippen LogP contribution in [0.15, 0.2) is 0 Å². The highest BCUT2D eigenvalue weighted by Crippen LogP contribution is 2.11. The van der Waals surface area contributed by atoms with Gasteiger partial charge < -0.3 is 5.32 Å². The summed E-state index contributed by atoms with van der Waals surface area (Å²) in [7, 11) is 1.16. The molecule has 0 aromatic rings. The second-order valence-corrected chi connectivity index (χ2v) is 9.42. The lowest BCUT2D eigenvalue weighted by Gasteiger charge is -2.28. The van der Waals surface area contributed by atoms with E-state index in [0.717, 1.165) is 5.67 Å². The van der Waals surface area contributed by atoms with E-state index in [9.17, 15) is 0 Å². The van der Waals surface area contributed by atoms with Crippen molar-refractivity contribution in [3.8, 4) is 0 Å². The normalized spacial score (nSPS) is 15.3. The Morgan fingerprint density at radius 2 is 1.80 bits per heavy atom. The maximum absolute atomic E-state index is 3.40. The number of hydrogen-bond donors (Lipinski definition) is 1. The largest absolute Gasteiger partial charge is 0.320 e. The first-order valence-corrected chi connectivity index (χ1v) is 7.77. The van der Waals surface area contributed by atoms with Gasteiger partial charge in [0.25, 0.3) is 0 Å². The van der Waals surface area contributed by atoms with Gasteiger partial charge in [-0.05, 0) is 19.1 Å². The Balaban J connectivity index is 3.81. The minimum atomic E-state index is -0.919. The molecule has 0 bridgehead atoms. The highest BCUT2D eigenvalue weighted by molar-refractivity contribution is 6.77. The summed E-state index contributed by atoms with van der Waals surface area (Å²) in [6.45, 7) is 9.52. The molecule has 1 nitrogen and oxygen atoms in total. The zero-order valence-electron chi connectivity index (χ0n) is 7.99. The van der Waals surface area contributed by atoms with Crippen molar-refractivity contribution < 1.29 is 0 Å². The van der Waals surface area contributed by atoms with Crippen LogP contribution in [0.25, 0.3) is 0 Å². The van der Waals surface area contributed by atoms with Gasteiger partial charge in [-0.2, -0.15) is 0 Å². The molecule has 0 amide bonds.